The van der Waals surface area contributed by atoms with Crippen LogP contribution in [0.15, 0.2) is 72.9 Å². The second-order valence-corrected chi connectivity index (χ2v) is 8.69. The van der Waals surface area contributed by atoms with Crippen LogP contribution in [0.3, 0.4) is 0 Å². The van der Waals surface area contributed by atoms with E-state index in [4.69, 9.17) is 39.5 Å². The number of amides is 1. The number of benzene rings is 3. The molecule has 0 bridgehead atoms. The van der Waals surface area contributed by atoms with Crippen LogP contribution >= 0.6 is 34.8 Å². The molecule has 8 nitrogen and oxygen atoms in total. The third-order valence-corrected chi connectivity index (χ3v) is 5.94. The summed E-state index contributed by atoms with van der Waals surface area (Å²) in [5.74, 6) is 0.317. The van der Waals surface area contributed by atoms with Gasteiger partial charge in [-0.1, -0.05) is 53.0 Å². The monoisotopic (exact) mass is 530 g/mol. The lowest BCUT2D eigenvalue weighted by molar-refractivity contribution is -0.384. The quantitative estimate of drug-likeness (QED) is 0.203. The van der Waals surface area contributed by atoms with Gasteiger partial charge in [-0.05, 0) is 47.5 Å². The summed E-state index contributed by atoms with van der Waals surface area (Å²) in [6, 6.07) is 17.9. The molecular weight excluding hydrogens is 515 g/mol. The Balaban J connectivity index is 1.39. The van der Waals surface area contributed by atoms with Gasteiger partial charge < -0.3 is 10.1 Å². The standard InChI is InChI=1S/C24H17Cl3N4O4/c25-20-9-4-15(11-21(20)26)12-30-13-22(27)23(29-30)28-24(32)17-3-1-2-16(10-17)14-35-19-7-5-18(6-8-19)31(33)34/h1-11,13H,12,14H2,(H,28,29,32). The van der Waals surface area contributed by atoms with Crippen LogP contribution in [0.2, 0.25) is 15.1 Å². The number of carbonyl (C=O) groups is 1. The number of nitrogens with zero attached hydrogens (tertiary/aromatic N) is 3. The van der Waals surface area contributed by atoms with Crippen molar-refractivity contribution in [3.63, 3.8) is 0 Å². The summed E-state index contributed by atoms with van der Waals surface area (Å²) in [7, 11) is 0. The zero-order valence-corrected chi connectivity index (χ0v) is 20.2. The molecule has 0 saturated carbocycles. The Bertz CT molecular complexity index is 1390. The van der Waals surface area contributed by atoms with E-state index in [1.54, 1.807) is 47.3 Å². The molecular formula is C24H17Cl3N4O4. The minimum Gasteiger partial charge on any atom is -0.489 e. The summed E-state index contributed by atoms with van der Waals surface area (Å²) < 4.78 is 7.26. The van der Waals surface area contributed by atoms with Gasteiger partial charge in [0, 0.05) is 23.9 Å². The van der Waals surface area contributed by atoms with Gasteiger partial charge in [0.15, 0.2) is 5.82 Å². The zero-order chi connectivity index (χ0) is 24.9. The molecule has 0 fully saturated rings. The Morgan fingerprint density at radius 2 is 1.74 bits per heavy atom. The number of hydrogen-bond acceptors (Lipinski definition) is 5. The minimum absolute atomic E-state index is 0.0194. The SMILES string of the molecule is O=C(Nc1nn(Cc2ccc(Cl)c(Cl)c2)cc1Cl)c1cccc(COc2ccc([N+](=O)[O-])cc2)c1. The highest BCUT2D eigenvalue weighted by Crippen LogP contribution is 2.25. The van der Waals surface area contributed by atoms with Crippen molar-refractivity contribution in [3.05, 3.63) is 115 Å². The maximum Gasteiger partial charge on any atom is 0.269 e. The molecule has 0 spiro atoms. The summed E-state index contributed by atoms with van der Waals surface area (Å²) >= 11 is 18.3. The lowest BCUT2D eigenvalue weighted by Crippen LogP contribution is -2.13. The van der Waals surface area contributed by atoms with Crippen molar-refractivity contribution in [3.8, 4) is 5.75 Å². The first-order chi connectivity index (χ1) is 16.8. The number of non-ortho nitro benzene ring substituents is 1. The average molecular weight is 532 g/mol. The summed E-state index contributed by atoms with van der Waals surface area (Å²) in [4.78, 5) is 23.1. The van der Waals surface area contributed by atoms with Gasteiger partial charge in [0.05, 0.1) is 21.5 Å². The molecule has 1 aromatic heterocycles. The zero-order valence-electron chi connectivity index (χ0n) is 18.0. The van der Waals surface area contributed by atoms with Crippen molar-refractivity contribution in [2.75, 3.05) is 5.32 Å². The molecule has 3 aromatic carbocycles. The number of ether oxygens (including phenoxy) is 1. The van der Waals surface area contributed by atoms with Crippen molar-refractivity contribution in [1.29, 1.82) is 0 Å². The van der Waals surface area contributed by atoms with Crippen molar-refractivity contribution >= 4 is 52.2 Å². The maximum absolute atomic E-state index is 12.8. The number of nitrogens with one attached hydrogen (secondary N) is 1. The van der Waals surface area contributed by atoms with Crippen LogP contribution in [0.1, 0.15) is 21.5 Å². The molecule has 178 valence electrons. The van der Waals surface area contributed by atoms with Crippen LogP contribution in [-0.2, 0) is 13.2 Å². The first-order valence-corrected chi connectivity index (χ1v) is 11.4. The molecule has 1 N–H and O–H groups in total. The van der Waals surface area contributed by atoms with E-state index in [0.29, 0.717) is 27.9 Å². The molecule has 4 aromatic rings. The molecule has 35 heavy (non-hydrogen) atoms. The Hall–Kier alpha value is -3.59. The fraction of sp³-hybridized carbons (Fsp3) is 0.0833. The molecule has 1 heterocycles. The number of halogens is 3. The molecule has 0 aliphatic heterocycles. The van der Waals surface area contributed by atoms with Gasteiger partial charge >= 0.3 is 0 Å². The highest BCUT2D eigenvalue weighted by atomic mass is 35.5. The van der Waals surface area contributed by atoms with E-state index < -0.39 is 4.92 Å². The molecule has 1 amide bonds. The number of rotatable bonds is 8. The number of aromatic nitrogens is 2. The molecule has 0 radical (unpaired) electrons. The normalized spacial score (nSPS) is 10.7. The van der Waals surface area contributed by atoms with Crippen LogP contribution < -0.4 is 10.1 Å². The van der Waals surface area contributed by atoms with Crippen LogP contribution in [0.4, 0.5) is 11.5 Å². The van der Waals surface area contributed by atoms with Crippen LogP contribution in [0.25, 0.3) is 0 Å². The van der Waals surface area contributed by atoms with E-state index in [9.17, 15) is 14.9 Å². The fourth-order valence-corrected chi connectivity index (χ4v) is 3.72. The molecule has 0 aliphatic carbocycles. The van der Waals surface area contributed by atoms with E-state index >= 15 is 0 Å². The number of nitro groups is 1. The fourth-order valence-electron chi connectivity index (χ4n) is 3.20. The van der Waals surface area contributed by atoms with Crippen LogP contribution in [-0.4, -0.2) is 20.6 Å². The van der Waals surface area contributed by atoms with E-state index in [1.807, 2.05) is 6.07 Å². The predicted molar refractivity (Wildman–Crippen MR) is 135 cm³/mol. The number of hydrogen-bond donors (Lipinski definition) is 1. The molecule has 0 saturated heterocycles. The Morgan fingerprint density at radius 3 is 2.46 bits per heavy atom. The van der Waals surface area contributed by atoms with E-state index in [-0.39, 0.29) is 29.0 Å². The molecule has 0 atom stereocenters. The molecule has 0 unspecified atom stereocenters. The number of carbonyl (C=O) groups excluding carboxylic acids is 1. The van der Waals surface area contributed by atoms with Gasteiger partial charge in [0.25, 0.3) is 11.6 Å². The van der Waals surface area contributed by atoms with Gasteiger partial charge in [0.2, 0.25) is 0 Å². The smallest absolute Gasteiger partial charge is 0.269 e. The number of nitro benzene ring substituents is 1. The summed E-state index contributed by atoms with van der Waals surface area (Å²) in [5, 5.41) is 19.0. The van der Waals surface area contributed by atoms with Crippen molar-refractivity contribution in [1.82, 2.24) is 9.78 Å². The van der Waals surface area contributed by atoms with Gasteiger partial charge in [-0.25, -0.2) is 0 Å². The van der Waals surface area contributed by atoms with E-state index in [2.05, 4.69) is 10.4 Å². The van der Waals surface area contributed by atoms with Crippen LogP contribution in [0, 0.1) is 10.1 Å². The largest absolute Gasteiger partial charge is 0.489 e. The lowest BCUT2D eigenvalue weighted by atomic mass is 10.1. The van der Waals surface area contributed by atoms with E-state index in [1.165, 1.54) is 24.3 Å². The summed E-state index contributed by atoms with van der Waals surface area (Å²) in [6.45, 7) is 0.569. The topological polar surface area (TPSA) is 99.3 Å². The lowest BCUT2D eigenvalue weighted by Gasteiger charge is -2.08. The average Bonchev–Trinajstić information content (AvgIpc) is 3.18. The first kappa shape index (κ1) is 24.5. The van der Waals surface area contributed by atoms with Crippen molar-refractivity contribution < 1.29 is 14.5 Å². The third-order valence-electron chi connectivity index (χ3n) is 4.92. The van der Waals surface area contributed by atoms with E-state index in [0.717, 1.165) is 11.1 Å². The van der Waals surface area contributed by atoms with Crippen molar-refractivity contribution in [2.45, 2.75) is 13.2 Å². The van der Waals surface area contributed by atoms with Crippen LogP contribution in [0.5, 0.6) is 5.75 Å². The number of anilines is 1. The van der Waals surface area contributed by atoms with Gasteiger partial charge in [-0.3, -0.25) is 19.6 Å². The summed E-state index contributed by atoms with van der Waals surface area (Å²) in [6.07, 6.45) is 1.61. The molecule has 0 aliphatic rings. The first-order valence-electron chi connectivity index (χ1n) is 10.2. The molecule has 11 heteroatoms. The van der Waals surface area contributed by atoms with Gasteiger partial charge in [-0.2, -0.15) is 5.10 Å². The highest BCUT2D eigenvalue weighted by Gasteiger charge is 2.14. The minimum atomic E-state index is -0.478. The van der Waals surface area contributed by atoms with Crippen molar-refractivity contribution in [2.24, 2.45) is 0 Å². The Morgan fingerprint density at radius 1 is 0.971 bits per heavy atom. The summed E-state index contributed by atoms with van der Waals surface area (Å²) in [5.41, 5.74) is 1.99. The maximum atomic E-state index is 12.8. The predicted octanol–water partition coefficient (Wildman–Crippen LogP) is 6.63. The second kappa shape index (κ2) is 10.8. The molecule has 4 rings (SSSR count). The van der Waals surface area contributed by atoms with Gasteiger partial charge in [-0.15, -0.1) is 0 Å². The Kier molecular flexibility index (Phi) is 7.55. The highest BCUT2D eigenvalue weighted by molar-refractivity contribution is 6.42. The Labute approximate surface area is 215 Å². The second-order valence-electron chi connectivity index (χ2n) is 7.47. The third kappa shape index (κ3) is 6.30. The van der Waals surface area contributed by atoms with Gasteiger partial charge in [0.1, 0.15) is 17.4 Å².